The van der Waals surface area contributed by atoms with E-state index in [9.17, 15) is 0 Å². The van der Waals surface area contributed by atoms with Crippen molar-refractivity contribution < 1.29 is 0 Å². The predicted octanol–water partition coefficient (Wildman–Crippen LogP) is 4.38. The van der Waals surface area contributed by atoms with Crippen LogP contribution in [0.15, 0.2) is 11.4 Å². The molecule has 0 saturated carbocycles. The Morgan fingerprint density at radius 3 is 2.88 bits per heavy atom. The highest BCUT2D eigenvalue weighted by Crippen LogP contribution is 2.48. The minimum absolute atomic E-state index is 0.394. The molecule has 17 heavy (non-hydrogen) atoms. The second-order valence-corrected chi connectivity index (χ2v) is 7.70. The van der Waals surface area contributed by atoms with Crippen molar-refractivity contribution in [2.45, 2.75) is 50.8 Å². The largest absolute Gasteiger partial charge is 0.308 e. The number of thiophene rings is 1. The highest BCUT2D eigenvalue weighted by atomic mass is 32.2. The Balaban J connectivity index is 2.21. The van der Waals surface area contributed by atoms with Crippen molar-refractivity contribution in [3.8, 4) is 0 Å². The van der Waals surface area contributed by atoms with Crippen molar-refractivity contribution in [3.05, 3.63) is 21.9 Å². The maximum Gasteiger partial charge on any atom is 0.0563 e. The van der Waals surface area contributed by atoms with Gasteiger partial charge in [-0.05, 0) is 62.4 Å². The molecule has 1 aromatic rings. The van der Waals surface area contributed by atoms with Crippen LogP contribution in [0.4, 0.5) is 0 Å². The molecular formula is C14H23NS2. The average molecular weight is 269 g/mol. The van der Waals surface area contributed by atoms with Gasteiger partial charge >= 0.3 is 0 Å². The van der Waals surface area contributed by atoms with E-state index in [1.165, 1.54) is 30.6 Å². The molecule has 2 atom stereocenters. The van der Waals surface area contributed by atoms with Crippen molar-refractivity contribution >= 4 is 23.1 Å². The first-order valence-corrected chi connectivity index (χ1v) is 8.45. The fraction of sp³-hybridized carbons (Fsp3) is 0.714. The van der Waals surface area contributed by atoms with E-state index in [-0.39, 0.29) is 0 Å². The van der Waals surface area contributed by atoms with Crippen molar-refractivity contribution in [1.82, 2.24) is 5.32 Å². The van der Waals surface area contributed by atoms with Gasteiger partial charge < -0.3 is 5.32 Å². The molecule has 1 nitrogen and oxygen atoms in total. The monoisotopic (exact) mass is 269 g/mol. The molecular weight excluding hydrogens is 246 g/mol. The Kier molecular flexibility index (Phi) is 4.56. The normalized spacial score (nSPS) is 26.3. The summed E-state index contributed by atoms with van der Waals surface area (Å²) in [4.78, 5) is 1.55. The van der Waals surface area contributed by atoms with Crippen LogP contribution >= 0.6 is 23.1 Å². The van der Waals surface area contributed by atoms with E-state index >= 15 is 0 Å². The summed E-state index contributed by atoms with van der Waals surface area (Å²) < 4.78 is 0.394. The summed E-state index contributed by atoms with van der Waals surface area (Å²) in [7, 11) is 0. The van der Waals surface area contributed by atoms with Crippen LogP contribution in [0, 0.1) is 6.92 Å². The maximum atomic E-state index is 3.78. The number of rotatable bonds is 5. The third kappa shape index (κ3) is 2.88. The summed E-state index contributed by atoms with van der Waals surface area (Å²) in [5.41, 5.74) is 1.46. The van der Waals surface area contributed by atoms with Crippen LogP contribution in [0.5, 0.6) is 0 Å². The molecule has 1 saturated heterocycles. The Labute approximate surface area is 113 Å². The Hall–Kier alpha value is 0.01000. The number of nitrogens with one attached hydrogen (secondary N) is 1. The molecule has 0 aromatic carbocycles. The minimum Gasteiger partial charge on any atom is -0.308 e. The first-order chi connectivity index (χ1) is 8.17. The summed E-state index contributed by atoms with van der Waals surface area (Å²) in [6.45, 7) is 8.06. The van der Waals surface area contributed by atoms with E-state index < -0.39 is 0 Å². The van der Waals surface area contributed by atoms with E-state index in [1.54, 1.807) is 4.88 Å². The zero-order chi connectivity index (χ0) is 12.3. The summed E-state index contributed by atoms with van der Waals surface area (Å²) in [6.07, 6.45) is 3.92. The van der Waals surface area contributed by atoms with Gasteiger partial charge in [0.05, 0.1) is 6.04 Å². The van der Waals surface area contributed by atoms with Gasteiger partial charge in [-0.1, -0.05) is 6.92 Å². The van der Waals surface area contributed by atoms with Crippen LogP contribution in [0.25, 0.3) is 0 Å². The molecule has 3 heteroatoms. The lowest BCUT2D eigenvalue weighted by Gasteiger charge is -2.34. The van der Waals surface area contributed by atoms with Gasteiger partial charge in [-0.2, -0.15) is 11.8 Å². The quantitative estimate of drug-likeness (QED) is 0.851. The summed E-state index contributed by atoms with van der Waals surface area (Å²) in [5, 5.41) is 6.02. The number of thioether (sulfide) groups is 1. The highest BCUT2D eigenvalue weighted by molar-refractivity contribution is 8.00. The second kappa shape index (κ2) is 5.77. The van der Waals surface area contributed by atoms with Gasteiger partial charge in [-0.15, -0.1) is 11.3 Å². The van der Waals surface area contributed by atoms with Crippen LogP contribution < -0.4 is 5.32 Å². The van der Waals surface area contributed by atoms with Crippen LogP contribution in [0.2, 0.25) is 0 Å². The van der Waals surface area contributed by atoms with Gasteiger partial charge in [0.1, 0.15) is 0 Å². The molecule has 2 unspecified atom stereocenters. The fourth-order valence-corrected chi connectivity index (χ4v) is 5.22. The third-order valence-electron chi connectivity index (χ3n) is 3.62. The molecule has 0 aliphatic carbocycles. The molecule has 96 valence electrons. The van der Waals surface area contributed by atoms with Gasteiger partial charge in [-0.3, -0.25) is 0 Å². The zero-order valence-electron chi connectivity index (χ0n) is 11.1. The Morgan fingerprint density at radius 1 is 1.53 bits per heavy atom. The molecule has 1 aliphatic rings. The van der Waals surface area contributed by atoms with Crippen LogP contribution in [0.3, 0.4) is 0 Å². The lowest BCUT2D eigenvalue weighted by molar-refractivity contribution is 0.417. The smallest absolute Gasteiger partial charge is 0.0563 e. The highest BCUT2D eigenvalue weighted by Gasteiger charge is 2.39. The lowest BCUT2D eigenvalue weighted by atomic mass is 9.93. The van der Waals surface area contributed by atoms with E-state index in [0.29, 0.717) is 10.8 Å². The molecule has 0 spiro atoms. The van der Waals surface area contributed by atoms with Gasteiger partial charge in [-0.25, -0.2) is 0 Å². The lowest BCUT2D eigenvalue weighted by Crippen LogP contribution is -2.37. The third-order valence-corrected chi connectivity index (χ3v) is 6.30. The maximum absolute atomic E-state index is 3.78. The van der Waals surface area contributed by atoms with Gasteiger partial charge in [0.15, 0.2) is 0 Å². The van der Waals surface area contributed by atoms with Gasteiger partial charge in [0, 0.05) is 9.62 Å². The molecule has 0 amide bonds. The summed E-state index contributed by atoms with van der Waals surface area (Å²) >= 11 is 4.07. The first-order valence-electron chi connectivity index (χ1n) is 6.58. The van der Waals surface area contributed by atoms with Crippen LogP contribution in [0.1, 0.15) is 49.6 Å². The molecule has 0 radical (unpaired) electrons. The minimum atomic E-state index is 0.394. The number of hydrogen-bond acceptors (Lipinski definition) is 3. The molecule has 1 fully saturated rings. The van der Waals surface area contributed by atoms with E-state index in [1.807, 2.05) is 11.3 Å². The first kappa shape index (κ1) is 13.4. The Morgan fingerprint density at radius 2 is 2.35 bits per heavy atom. The van der Waals surface area contributed by atoms with E-state index in [2.05, 4.69) is 49.3 Å². The van der Waals surface area contributed by atoms with Crippen LogP contribution in [-0.4, -0.2) is 17.0 Å². The molecule has 2 heterocycles. The number of aryl methyl sites for hydroxylation is 1. The van der Waals surface area contributed by atoms with E-state index in [0.717, 1.165) is 6.54 Å². The van der Waals surface area contributed by atoms with Gasteiger partial charge in [0.25, 0.3) is 0 Å². The van der Waals surface area contributed by atoms with Crippen molar-refractivity contribution in [2.75, 3.05) is 12.3 Å². The van der Waals surface area contributed by atoms with Gasteiger partial charge in [0.2, 0.25) is 0 Å². The van der Waals surface area contributed by atoms with Crippen molar-refractivity contribution in [1.29, 1.82) is 0 Å². The topological polar surface area (TPSA) is 12.0 Å². The zero-order valence-corrected chi connectivity index (χ0v) is 12.7. The fourth-order valence-electron chi connectivity index (χ4n) is 2.58. The number of hydrogen-bond donors (Lipinski definition) is 1. The predicted molar refractivity (Wildman–Crippen MR) is 80.2 cm³/mol. The summed E-state index contributed by atoms with van der Waals surface area (Å²) in [6, 6.07) is 2.79. The van der Waals surface area contributed by atoms with Crippen molar-refractivity contribution in [2.24, 2.45) is 0 Å². The second-order valence-electron chi connectivity index (χ2n) is 5.12. The molecule has 2 rings (SSSR count). The molecule has 1 aromatic heterocycles. The van der Waals surface area contributed by atoms with Crippen molar-refractivity contribution in [3.63, 3.8) is 0 Å². The Bertz CT molecular complexity index is 353. The standard InChI is InChI=1S/C14H23NS2/c1-4-8-15-13(12-11(2)6-10-16-12)14(3)7-5-9-17-14/h6,10,13,15H,4-5,7-9H2,1-3H3. The van der Waals surface area contributed by atoms with E-state index in [4.69, 9.17) is 0 Å². The molecule has 1 N–H and O–H groups in total. The van der Waals surface area contributed by atoms with Crippen LogP contribution in [-0.2, 0) is 0 Å². The average Bonchev–Trinajstić information content (AvgIpc) is 2.90. The summed E-state index contributed by atoms with van der Waals surface area (Å²) in [5.74, 6) is 1.32. The SMILES string of the molecule is CCCNC(c1sccc1C)C1(C)CCCS1. The molecule has 0 bridgehead atoms. The molecule has 1 aliphatic heterocycles.